The van der Waals surface area contributed by atoms with Gasteiger partial charge in [0.05, 0.1) is 0 Å². The zero-order valence-corrected chi connectivity index (χ0v) is 9.47. The molecule has 0 aliphatic carbocycles. The normalized spacial score (nSPS) is 15.3. The maximum atomic E-state index is 12.1. The fourth-order valence-electron chi connectivity index (χ4n) is 1.42. The highest BCUT2D eigenvalue weighted by Gasteiger charge is 2.15. The van der Waals surface area contributed by atoms with Gasteiger partial charge >= 0.3 is 0 Å². The molecule has 72 valence electrons. The van der Waals surface area contributed by atoms with Crippen LogP contribution in [0.3, 0.4) is 0 Å². The molecule has 1 aromatic rings. The fraction of sp³-hybridized carbons (Fsp3) is 0.455. The summed E-state index contributed by atoms with van der Waals surface area (Å²) < 4.78 is 12.1. The molecule has 0 saturated heterocycles. The second-order valence-electron chi connectivity index (χ2n) is 3.66. The molecule has 2 heteroatoms. The van der Waals surface area contributed by atoms with Crippen LogP contribution in [0.25, 0.3) is 0 Å². The molecule has 0 N–H and O–H groups in total. The first-order valence-electron chi connectivity index (χ1n) is 4.70. The summed E-state index contributed by atoms with van der Waals surface area (Å²) in [6.07, 6.45) is 1.80. The highest BCUT2D eigenvalue weighted by atomic mass is 31.2. The number of hydrogen-bond donors (Lipinski definition) is 0. The van der Waals surface area contributed by atoms with Gasteiger partial charge in [-0.1, -0.05) is 36.8 Å². The topological polar surface area (TPSA) is 17.1 Å². The molecule has 0 radical (unpaired) electrons. The van der Waals surface area contributed by atoms with Gasteiger partial charge in [0.1, 0.15) is 7.14 Å². The lowest BCUT2D eigenvalue weighted by Crippen LogP contribution is -2.05. The van der Waals surface area contributed by atoms with E-state index in [1.807, 2.05) is 37.9 Å². The second kappa shape index (κ2) is 4.11. The lowest BCUT2D eigenvalue weighted by molar-refractivity contribution is 0.584. The lowest BCUT2D eigenvalue weighted by Gasteiger charge is -2.11. The van der Waals surface area contributed by atoms with Crippen molar-refractivity contribution in [3.05, 3.63) is 29.8 Å². The molecule has 1 aromatic carbocycles. The average molecular weight is 196 g/mol. The predicted octanol–water partition coefficient (Wildman–Crippen LogP) is 3.02. The van der Waals surface area contributed by atoms with Crippen LogP contribution in [-0.4, -0.2) is 12.8 Å². The van der Waals surface area contributed by atoms with Crippen LogP contribution in [-0.2, 0) is 4.57 Å². The van der Waals surface area contributed by atoms with Crippen molar-refractivity contribution in [3.8, 4) is 0 Å². The monoisotopic (exact) mass is 196 g/mol. The van der Waals surface area contributed by atoms with Gasteiger partial charge < -0.3 is 4.57 Å². The Bertz CT molecular complexity index is 313. The van der Waals surface area contributed by atoms with E-state index >= 15 is 0 Å². The summed E-state index contributed by atoms with van der Waals surface area (Å²) >= 11 is 0. The molecule has 0 amide bonds. The van der Waals surface area contributed by atoms with Gasteiger partial charge in [-0.05, 0) is 20.0 Å². The fourth-order valence-corrected chi connectivity index (χ4v) is 3.31. The molecule has 0 aliphatic heterocycles. The first-order chi connectivity index (χ1) is 6.06. The van der Waals surface area contributed by atoms with Gasteiger partial charge in [0.25, 0.3) is 0 Å². The highest BCUT2D eigenvalue weighted by Crippen LogP contribution is 2.40. The predicted molar refractivity (Wildman–Crippen MR) is 59.5 cm³/mol. The first-order valence-corrected chi connectivity index (χ1v) is 7.04. The molecule has 0 aliphatic rings. The molecule has 13 heavy (non-hydrogen) atoms. The molecule has 0 bridgehead atoms. The molecule has 1 atom stereocenters. The molecule has 0 heterocycles. The minimum absolute atomic E-state index is 0.816. The molecule has 1 nitrogen and oxygen atoms in total. The third kappa shape index (κ3) is 2.70. The van der Waals surface area contributed by atoms with Crippen LogP contribution < -0.4 is 5.30 Å². The Hall–Kier alpha value is -0.550. The van der Waals surface area contributed by atoms with E-state index in [-0.39, 0.29) is 0 Å². The molecule has 1 rings (SSSR count). The van der Waals surface area contributed by atoms with Gasteiger partial charge in [-0.25, -0.2) is 0 Å². The molecular weight excluding hydrogens is 179 g/mol. The Labute approximate surface area is 80.5 Å². The number of rotatable bonds is 3. The van der Waals surface area contributed by atoms with E-state index < -0.39 is 7.14 Å². The van der Waals surface area contributed by atoms with Gasteiger partial charge in [-0.2, -0.15) is 0 Å². The zero-order chi connectivity index (χ0) is 9.90. The standard InChI is InChI=1S/C11H17OP/c1-4-9-13(3,12)11-7-5-10(2)6-8-11/h5-8H,4,9H2,1-3H3. The summed E-state index contributed by atoms with van der Waals surface area (Å²) in [6, 6.07) is 8.04. The second-order valence-corrected chi connectivity index (χ2v) is 6.83. The molecule has 0 fully saturated rings. The van der Waals surface area contributed by atoms with E-state index in [4.69, 9.17) is 0 Å². The largest absolute Gasteiger partial charge is 0.319 e. The third-order valence-electron chi connectivity index (χ3n) is 2.23. The summed E-state index contributed by atoms with van der Waals surface area (Å²) in [6.45, 7) is 6.00. The molecular formula is C11H17OP. The van der Waals surface area contributed by atoms with E-state index in [0.29, 0.717) is 0 Å². The maximum Gasteiger partial charge on any atom is 0.112 e. The van der Waals surface area contributed by atoms with Gasteiger partial charge in [0.15, 0.2) is 0 Å². The highest BCUT2D eigenvalue weighted by molar-refractivity contribution is 7.70. The van der Waals surface area contributed by atoms with Crippen molar-refractivity contribution in [2.24, 2.45) is 0 Å². The first kappa shape index (κ1) is 10.5. The van der Waals surface area contributed by atoms with Crippen molar-refractivity contribution in [2.45, 2.75) is 20.3 Å². The Morgan fingerprint density at radius 3 is 2.23 bits per heavy atom. The molecule has 0 aromatic heterocycles. The summed E-state index contributed by atoms with van der Waals surface area (Å²) in [7, 11) is -2.06. The number of hydrogen-bond acceptors (Lipinski definition) is 1. The van der Waals surface area contributed by atoms with Gasteiger partial charge in [-0.3, -0.25) is 0 Å². The summed E-state index contributed by atoms with van der Waals surface area (Å²) in [5.41, 5.74) is 1.22. The summed E-state index contributed by atoms with van der Waals surface area (Å²) in [5, 5.41) is 1.01. The number of aryl methyl sites for hydroxylation is 1. The van der Waals surface area contributed by atoms with Crippen LogP contribution in [0.1, 0.15) is 18.9 Å². The van der Waals surface area contributed by atoms with Crippen LogP contribution >= 0.6 is 7.14 Å². The number of benzene rings is 1. The van der Waals surface area contributed by atoms with Crippen LogP contribution in [0, 0.1) is 6.92 Å². The van der Waals surface area contributed by atoms with Crippen LogP contribution in [0.15, 0.2) is 24.3 Å². The minimum atomic E-state index is -2.06. The van der Waals surface area contributed by atoms with Crippen molar-refractivity contribution in [3.63, 3.8) is 0 Å². The lowest BCUT2D eigenvalue weighted by atomic mass is 10.2. The summed E-state index contributed by atoms with van der Waals surface area (Å²) in [4.78, 5) is 0. The van der Waals surface area contributed by atoms with Crippen molar-refractivity contribution < 1.29 is 4.57 Å². The van der Waals surface area contributed by atoms with Crippen LogP contribution in [0.2, 0.25) is 0 Å². The maximum absolute atomic E-state index is 12.1. The Morgan fingerprint density at radius 2 is 1.77 bits per heavy atom. The van der Waals surface area contributed by atoms with Crippen molar-refractivity contribution in [1.82, 2.24) is 0 Å². The Kier molecular flexibility index (Phi) is 3.33. The van der Waals surface area contributed by atoms with E-state index in [0.717, 1.165) is 17.9 Å². The third-order valence-corrected chi connectivity index (χ3v) is 4.92. The van der Waals surface area contributed by atoms with Crippen molar-refractivity contribution in [1.29, 1.82) is 0 Å². The van der Waals surface area contributed by atoms with Crippen LogP contribution in [0.5, 0.6) is 0 Å². The average Bonchev–Trinajstić information content (AvgIpc) is 2.05. The van der Waals surface area contributed by atoms with Gasteiger partial charge in [0.2, 0.25) is 0 Å². The van der Waals surface area contributed by atoms with Gasteiger partial charge in [0, 0.05) is 11.5 Å². The van der Waals surface area contributed by atoms with E-state index in [1.165, 1.54) is 5.56 Å². The molecule has 0 spiro atoms. The van der Waals surface area contributed by atoms with E-state index in [1.54, 1.807) is 0 Å². The zero-order valence-electron chi connectivity index (χ0n) is 8.58. The van der Waals surface area contributed by atoms with Crippen LogP contribution in [0.4, 0.5) is 0 Å². The van der Waals surface area contributed by atoms with E-state index in [9.17, 15) is 4.57 Å². The molecule has 0 saturated carbocycles. The van der Waals surface area contributed by atoms with Crippen molar-refractivity contribution >= 4 is 12.4 Å². The quantitative estimate of drug-likeness (QED) is 0.679. The Balaban J connectivity index is 2.94. The SMILES string of the molecule is CCCP(C)(=O)c1ccc(C)cc1. The van der Waals surface area contributed by atoms with Crippen molar-refractivity contribution in [2.75, 3.05) is 12.8 Å². The molecule has 1 unspecified atom stereocenters. The van der Waals surface area contributed by atoms with E-state index in [2.05, 4.69) is 6.92 Å². The smallest absolute Gasteiger partial charge is 0.112 e. The minimum Gasteiger partial charge on any atom is -0.319 e. The Morgan fingerprint density at radius 1 is 1.23 bits per heavy atom. The summed E-state index contributed by atoms with van der Waals surface area (Å²) in [5.74, 6) is 0. The van der Waals surface area contributed by atoms with Gasteiger partial charge in [-0.15, -0.1) is 0 Å².